The van der Waals surface area contributed by atoms with E-state index >= 15 is 0 Å². The van der Waals surface area contributed by atoms with E-state index in [1.165, 1.54) is 4.68 Å². The van der Waals surface area contributed by atoms with Crippen molar-refractivity contribution in [3.63, 3.8) is 0 Å². The second-order valence-corrected chi connectivity index (χ2v) is 7.69. The zero-order chi connectivity index (χ0) is 19.3. The fraction of sp³-hybridized carbons (Fsp3) is 0.333. The van der Waals surface area contributed by atoms with Crippen LogP contribution in [0.15, 0.2) is 58.3 Å². The predicted octanol–water partition coefficient (Wildman–Crippen LogP) is 1.20. The van der Waals surface area contributed by atoms with Gasteiger partial charge in [-0.1, -0.05) is 24.3 Å². The molecule has 1 aromatic carbocycles. The van der Waals surface area contributed by atoms with Gasteiger partial charge in [0.15, 0.2) is 0 Å². The first kappa shape index (κ1) is 16.9. The monoisotopic (exact) mass is 376 g/mol. The fourth-order valence-electron chi connectivity index (χ4n) is 4.57. The Hall–Kier alpha value is -3.22. The van der Waals surface area contributed by atoms with Gasteiger partial charge in [-0.25, -0.2) is 4.68 Å². The molecule has 0 saturated carbocycles. The first-order valence-electron chi connectivity index (χ1n) is 9.52. The van der Waals surface area contributed by atoms with E-state index < -0.39 is 0 Å². The van der Waals surface area contributed by atoms with Crippen LogP contribution in [0.1, 0.15) is 18.0 Å². The van der Waals surface area contributed by atoms with E-state index in [2.05, 4.69) is 5.10 Å². The number of hydrogen-bond donors (Lipinski definition) is 0. The number of benzene rings is 1. The Bertz CT molecular complexity index is 1200. The number of aromatic nitrogens is 3. The molecule has 0 spiro atoms. The van der Waals surface area contributed by atoms with E-state index in [0.29, 0.717) is 25.0 Å². The van der Waals surface area contributed by atoms with Crippen molar-refractivity contribution in [3.8, 4) is 0 Å². The van der Waals surface area contributed by atoms with Crippen LogP contribution >= 0.6 is 0 Å². The van der Waals surface area contributed by atoms with Gasteiger partial charge in [-0.3, -0.25) is 14.4 Å². The Morgan fingerprint density at radius 3 is 2.79 bits per heavy atom. The standard InChI is InChI=1S/C21H20N4O3/c26-19-7-3-6-18-16-8-14(11-24(18)19)10-23(12-16)20(27)13-25-21(28)17-5-2-1-4-15(17)9-22-25/h1-7,9,14,16H,8,10-13H2/t14-,16+/m1/s1. The number of nitrogens with zero attached hydrogens (tertiary/aromatic N) is 4. The summed E-state index contributed by atoms with van der Waals surface area (Å²) in [4.78, 5) is 39.5. The number of piperidine rings is 1. The fourth-order valence-corrected chi connectivity index (χ4v) is 4.57. The van der Waals surface area contributed by atoms with Gasteiger partial charge in [0, 0.05) is 42.7 Å². The van der Waals surface area contributed by atoms with Gasteiger partial charge in [-0.15, -0.1) is 0 Å². The SMILES string of the molecule is O=C(Cn1ncc2ccccc2c1=O)N1C[C@H]2C[C@@H](C1)c1cccc(=O)n1C2. The highest BCUT2D eigenvalue weighted by atomic mass is 16.2. The first-order valence-corrected chi connectivity index (χ1v) is 9.52. The highest BCUT2D eigenvalue weighted by molar-refractivity contribution is 5.81. The normalized spacial score (nSPS) is 20.8. The number of hydrogen-bond acceptors (Lipinski definition) is 4. The summed E-state index contributed by atoms with van der Waals surface area (Å²) in [6, 6.07) is 12.6. The number of amides is 1. The molecule has 1 amide bonds. The zero-order valence-electron chi connectivity index (χ0n) is 15.3. The van der Waals surface area contributed by atoms with Crippen LogP contribution in [-0.2, 0) is 17.9 Å². The van der Waals surface area contributed by atoms with Crippen LogP contribution in [0.2, 0.25) is 0 Å². The third-order valence-electron chi connectivity index (χ3n) is 5.88. The summed E-state index contributed by atoms with van der Waals surface area (Å²) in [6.45, 7) is 1.76. The molecule has 7 nitrogen and oxygen atoms in total. The van der Waals surface area contributed by atoms with Gasteiger partial charge in [0.1, 0.15) is 6.54 Å². The molecule has 1 saturated heterocycles. The van der Waals surface area contributed by atoms with E-state index in [4.69, 9.17) is 0 Å². The Labute approximate surface area is 160 Å². The van der Waals surface area contributed by atoms with Gasteiger partial charge in [0.05, 0.1) is 11.6 Å². The molecule has 142 valence electrons. The van der Waals surface area contributed by atoms with Crippen LogP contribution in [0.25, 0.3) is 10.8 Å². The zero-order valence-corrected chi connectivity index (χ0v) is 15.3. The highest BCUT2D eigenvalue weighted by Crippen LogP contribution is 2.34. The van der Waals surface area contributed by atoms with E-state index in [1.807, 2.05) is 27.7 Å². The summed E-state index contributed by atoms with van der Waals surface area (Å²) in [7, 11) is 0. The Morgan fingerprint density at radius 2 is 1.89 bits per heavy atom. The van der Waals surface area contributed by atoms with Crippen LogP contribution in [-0.4, -0.2) is 38.2 Å². The summed E-state index contributed by atoms with van der Waals surface area (Å²) in [5.41, 5.74) is 0.779. The Balaban J connectivity index is 1.40. The lowest BCUT2D eigenvalue weighted by atomic mass is 9.83. The lowest BCUT2D eigenvalue weighted by Crippen LogP contribution is -2.50. The molecular formula is C21H20N4O3. The molecule has 2 aromatic heterocycles. The molecule has 2 aliphatic heterocycles. The van der Waals surface area contributed by atoms with Crippen LogP contribution in [0.3, 0.4) is 0 Å². The summed E-state index contributed by atoms with van der Waals surface area (Å²) in [5, 5.41) is 5.51. The maximum atomic E-state index is 12.9. The van der Waals surface area contributed by atoms with Crippen molar-refractivity contribution in [1.29, 1.82) is 0 Å². The van der Waals surface area contributed by atoms with Crippen molar-refractivity contribution < 1.29 is 4.79 Å². The van der Waals surface area contributed by atoms with E-state index in [-0.39, 0.29) is 35.4 Å². The average Bonchev–Trinajstić information content (AvgIpc) is 2.71. The number of carbonyl (C=O) groups excluding carboxylic acids is 1. The first-order chi connectivity index (χ1) is 13.6. The third kappa shape index (κ3) is 2.74. The van der Waals surface area contributed by atoms with E-state index in [0.717, 1.165) is 17.5 Å². The summed E-state index contributed by atoms with van der Waals surface area (Å²) >= 11 is 0. The quantitative estimate of drug-likeness (QED) is 0.674. The molecule has 5 rings (SSSR count). The molecule has 0 unspecified atom stereocenters. The molecule has 2 aliphatic rings. The lowest BCUT2D eigenvalue weighted by Gasteiger charge is -2.42. The highest BCUT2D eigenvalue weighted by Gasteiger charge is 2.36. The number of pyridine rings is 1. The van der Waals surface area contributed by atoms with Crippen LogP contribution in [0.4, 0.5) is 0 Å². The van der Waals surface area contributed by atoms with Gasteiger partial charge in [0.25, 0.3) is 11.1 Å². The molecule has 2 bridgehead atoms. The minimum absolute atomic E-state index is 0.0268. The summed E-state index contributed by atoms with van der Waals surface area (Å²) in [5.74, 6) is 0.314. The lowest BCUT2D eigenvalue weighted by molar-refractivity contribution is -0.134. The van der Waals surface area contributed by atoms with Crippen molar-refractivity contribution in [3.05, 3.63) is 75.1 Å². The molecule has 7 heteroatoms. The maximum Gasteiger partial charge on any atom is 0.275 e. The van der Waals surface area contributed by atoms with Crippen LogP contribution in [0.5, 0.6) is 0 Å². The summed E-state index contributed by atoms with van der Waals surface area (Å²) < 4.78 is 3.09. The van der Waals surface area contributed by atoms with E-state index in [9.17, 15) is 14.4 Å². The number of likely N-dealkylation sites (tertiary alicyclic amines) is 1. The number of carbonyl (C=O) groups is 1. The molecule has 2 atom stereocenters. The summed E-state index contributed by atoms with van der Waals surface area (Å²) in [6.07, 6.45) is 2.61. The molecule has 1 fully saturated rings. The van der Waals surface area contributed by atoms with Crippen LogP contribution in [0, 0.1) is 5.92 Å². The molecule has 4 heterocycles. The minimum Gasteiger partial charge on any atom is -0.340 e. The molecule has 3 aromatic rings. The number of fused-ring (bicyclic) bond motifs is 5. The average molecular weight is 376 g/mol. The van der Waals surface area contributed by atoms with Crippen molar-refractivity contribution in [2.45, 2.75) is 25.4 Å². The van der Waals surface area contributed by atoms with Crippen molar-refractivity contribution in [1.82, 2.24) is 19.2 Å². The smallest absolute Gasteiger partial charge is 0.275 e. The molecular weight excluding hydrogens is 356 g/mol. The largest absolute Gasteiger partial charge is 0.340 e. The maximum absolute atomic E-state index is 12.9. The van der Waals surface area contributed by atoms with Gasteiger partial charge in [-0.2, -0.15) is 5.10 Å². The Kier molecular flexibility index (Phi) is 3.89. The second-order valence-electron chi connectivity index (χ2n) is 7.69. The van der Waals surface area contributed by atoms with Gasteiger partial charge >= 0.3 is 0 Å². The molecule has 28 heavy (non-hydrogen) atoms. The van der Waals surface area contributed by atoms with Crippen LogP contribution < -0.4 is 11.1 Å². The van der Waals surface area contributed by atoms with Crippen molar-refractivity contribution in [2.75, 3.05) is 13.1 Å². The van der Waals surface area contributed by atoms with Gasteiger partial charge in [-0.05, 0) is 24.5 Å². The van der Waals surface area contributed by atoms with E-state index in [1.54, 1.807) is 30.5 Å². The third-order valence-corrected chi connectivity index (χ3v) is 5.88. The van der Waals surface area contributed by atoms with Crippen molar-refractivity contribution >= 4 is 16.7 Å². The molecule has 0 radical (unpaired) electrons. The topological polar surface area (TPSA) is 77.2 Å². The Morgan fingerprint density at radius 1 is 1.04 bits per heavy atom. The predicted molar refractivity (Wildman–Crippen MR) is 104 cm³/mol. The second kappa shape index (κ2) is 6.44. The minimum atomic E-state index is -0.249. The molecule has 0 N–H and O–H groups in total. The van der Waals surface area contributed by atoms with Gasteiger partial charge in [0.2, 0.25) is 5.91 Å². The van der Waals surface area contributed by atoms with Gasteiger partial charge < -0.3 is 9.47 Å². The number of rotatable bonds is 2. The molecule has 0 aliphatic carbocycles. The van der Waals surface area contributed by atoms with Crippen molar-refractivity contribution in [2.24, 2.45) is 5.92 Å².